The summed E-state index contributed by atoms with van der Waals surface area (Å²) >= 11 is 0. The molecule has 0 radical (unpaired) electrons. The molecule has 1 unspecified atom stereocenters. The third-order valence-corrected chi connectivity index (χ3v) is 2.64. The molecule has 3 nitrogen and oxygen atoms in total. The number of nitrogens with zero attached hydrogens (tertiary/aromatic N) is 1. The van der Waals surface area contributed by atoms with Crippen molar-refractivity contribution in [3.8, 4) is 0 Å². The Hall–Kier alpha value is -1.98. The van der Waals surface area contributed by atoms with Gasteiger partial charge in [0.15, 0.2) is 0 Å². The predicted molar refractivity (Wildman–Crippen MR) is 64.7 cm³/mol. The zero-order chi connectivity index (χ0) is 14.0. The second kappa shape index (κ2) is 4.95. The Morgan fingerprint density at radius 1 is 1.21 bits per heavy atom. The molecule has 0 aromatic carbocycles. The minimum atomic E-state index is -4.37. The summed E-state index contributed by atoms with van der Waals surface area (Å²) in [6.07, 6.45) is -3.56. The zero-order valence-corrected chi connectivity index (χ0v) is 10.5. The van der Waals surface area contributed by atoms with Gasteiger partial charge in [0, 0.05) is 6.20 Å². The molecule has 2 rings (SSSR count). The molecule has 0 aliphatic carbocycles. The lowest BCUT2D eigenvalue weighted by atomic mass is 10.2. The van der Waals surface area contributed by atoms with Crippen LogP contribution in [0.15, 0.2) is 34.9 Å². The van der Waals surface area contributed by atoms with Gasteiger partial charge in [0.1, 0.15) is 17.3 Å². The summed E-state index contributed by atoms with van der Waals surface area (Å²) in [4.78, 5) is 3.74. The van der Waals surface area contributed by atoms with Gasteiger partial charge in [-0.25, -0.2) is 4.98 Å². The molecule has 6 heteroatoms. The Kier molecular flexibility index (Phi) is 3.50. The maximum Gasteiger partial charge on any atom is 0.417 e. The standard InChI is InChI=1S/C13H13F3N2O/c1-8-3-5-11(19-8)9(2)18-12-6-4-10(7-17-12)13(14,15)16/h3-7,9H,1-2H3,(H,17,18). The first-order valence-electron chi connectivity index (χ1n) is 5.72. The Balaban J connectivity index is 2.07. The number of aromatic nitrogens is 1. The molecule has 0 amide bonds. The second-order valence-electron chi connectivity index (χ2n) is 4.24. The van der Waals surface area contributed by atoms with Crippen LogP contribution in [-0.4, -0.2) is 4.98 Å². The topological polar surface area (TPSA) is 38.1 Å². The number of anilines is 1. The van der Waals surface area contributed by atoms with Crippen LogP contribution in [0, 0.1) is 6.92 Å². The van der Waals surface area contributed by atoms with Gasteiger partial charge in [0.05, 0.1) is 11.6 Å². The van der Waals surface area contributed by atoms with E-state index in [4.69, 9.17) is 4.42 Å². The van der Waals surface area contributed by atoms with E-state index in [1.165, 1.54) is 6.07 Å². The summed E-state index contributed by atoms with van der Waals surface area (Å²) in [5, 5.41) is 2.98. The molecule has 0 aliphatic rings. The molecule has 0 fully saturated rings. The zero-order valence-electron chi connectivity index (χ0n) is 10.5. The number of nitrogens with one attached hydrogen (secondary N) is 1. The molecule has 2 aromatic rings. The van der Waals surface area contributed by atoms with E-state index in [0.717, 1.165) is 18.0 Å². The fourth-order valence-electron chi connectivity index (χ4n) is 1.63. The van der Waals surface area contributed by atoms with E-state index in [1.807, 2.05) is 26.0 Å². The van der Waals surface area contributed by atoms with E-state index < -0.39 is 11.7 Å². The number of furan rings is 1. The average Bonchev–Trinajstić information content (AvgIpc) is 2.75. The second-order valence-corrected chi connectivity index (χ2v) is 4.24. The Bertz CT molecular complexity index is 546. The van der Waals surface area contributed by atoms with Crippen molar-refractivity contribution in [1.29, 1.82) is 0 Å². The van der Waals surface area contributed by atoms with Crippen LogP contribution < -0.4 is 5.32 Å². The summed E-state index contributed by atoms with van der Waals surface area (Å²) in [6.45, 7) is 3.67. The number of hydrogen-bond acceptors (Lipinski definition) is 3. The Morgan fingerprint density at radius 2 is 1.95 bits per heavy atom. The van der Waals surface area contributed by atoms with Crippen LogP contribution in [0.2, 0.25) is 0 Å². The molecule has 1 N–H and O–H groups in total. The molecule has 0 bridgehead atoms. The molecular formula is C13H13F3N2O. The lowest BCUT2D eigenvalue weighted by Gasteiger charge is -2.13. The van der Waals surface area contributed by atoms with Gasteiger partial charge in [-0.15, -0.1) is 0 Å². The van der Waals surface area contributed by atoms with Gasteiger partial charge in [0.25, 0.3) is 0 Å². The van der Waals surface area contributed by atoms with Crippen LogP contribution in [0.5, 0.6) is 0 Å². The first-order chi connectivity index (χ1) is 8.86. The number of halogens is 3. The predicted octanol–water partition coefficient (Wildman–Crippen LogP) is 4.17. The minimum Gasteiger partial charge on any atom is -0.464 e. The van der Waals surface area contributed by atoms with Crippen molar-refractivity contribution in [1.82, 2.24) is 4.98 Å². The van der Waals surface area contributed by atoms with Gasteiger partial charge in [0.2, 0.25) is 0 Å². The Morgan fingerprint density at radius 3 is 2.42 bits per heavy atom. The third kappa shape index (κ3) is 3.27. The molecule has 102 valence electrons. The number of aryl methyl sites for hydroxylation is 1. The number of alkyl halides is 3. The van der Waals surface area contributed by atoms with Gasteiger partial charge in [-0.05, 0) is 38.1 Å². The van der Waals surface area contributed by atoms with Gasteiger partial charge < -0.3 is 9.73 Å². The number of hydrogen-bond donors (Lipinski definition) is 1. The molecule has 0 saturated carbocycles. The fraction of sp³-hybridized carbons (Fsp3) is 0.308. The van der Waals surface area contributed by atoms with Crippen molar-refractivity contribution < 1.29 is 17.6 Å². The number of pyridine rings is 1. The van der Waals surface area contributed by atoms with Crippen LogP contribution in [0.3, 0.4) is 0 Å². The van der Waals surface area contributed by atoms with E-state index in [1.54, 1.807) is 0 Å². The molecule has 1 atom stereocenters. The first-order valence-corrected chi connectivity index (χ1v) is 5.72. The van der Waals surface area contributed by atoms with Gasteiger partial charge in [-0.2, -0.15) is 13.2 Å². The minimum absolute atomic E-state index is 0.169. The fourth-order valence-corrected chi connectivity index (χ4v) is 1.63. The lowest BCUT2D eigenvalue weighted by Crippen LogP contribution is -2.09. The van der Waals surface area contributed by atoms with E-state index >= 15 is 0 Å². The van der Waals surface area contributed by atoms with Crippen molar-refractivity contribution in [2.45, 2.75) is 26.1 Å². The molecular weight excluding hydrogens is 257 g/mol. The van der Waals surface area contributed by atoms with Crippen LogP contribution in [0.4, 0.5) is 19.0 Å². The summed E-state index contributed by atoms with van der Waals surface area (Å²) < 4.78 is 42.5. The highest BCUT2D eigenvalue weighted by molar-refractivity contribution is 5.38. The summed E-state index contributed by atoms with van der Waals surface area (Å²) in [7, 11) is 0. The van der Waals surface area contributed by atoms with Crippen molar-refractivity contribution in [2.24, 2.45) is 0 Å². The third-order valence-electron chi connectivity index (χ3n) is 2.64. The molecule has 0 spiro atoms. The maximum atomic E-state index is 12.4. The van der Waals surface area contributed by atoms with Crippen LogP contribution >= 0.6 is 0 Å². The summed E-state index contributed by atoms with van der Waals surface area (Å²) in [5.41, 5.74) is -0.764. The highest BCUT2D eigenvalue weighted by atomic mass is 19.4. The highest BCUT2D eigenvalue weighted by Gasteiger charge is 2.30. The molecule has 0 saturated heterocycles. The lowest BCUT2D eigenvalue weighted by molar-refractivity contribution is -0.137. The van der Waals surface area contributed by atoms with Gasteiger partial charge in [-0.1, -0.05) is 0 Å². The first kappa shape index (κ1) is 13.5. The Labute approximate surface area is 108 Å². The van der Waals surface area contributed by atoms with Crippen molar-refractivity contribution in [2.75, 3.05) is 5.32 Å². The monoisotopic (exact) mass is 270 g/mol. The van der Waals surface area contributed by atoms with Crippen molar-refractivity contribution >= 4 is 5.82 Å². The van der Waals surface area contributed by atoms with Crippen LogP contribution in [0.25, 0.3) is 0 Å². The van der Waals surface area contributed by atoms with Gasteiger partial charge >= 0.3 is 6.18 Å². The molecule has 19 heavy (non-hydrogen) atoms. The van der Waals surface area contributed by atoms with Crippen LogP contribution in [0.1, 0.15) is 30.0 Å². The average molecular weight is 270 g/mol. The largest absolute Gasteiger partial charge is 0.464 e. The molecule has 2 heterocycles. The van der Waals surface area contributed by atoms with Crippen molar-refractivity contribution in [3.63, 3.8) is 0 Å². The smallest absolute Gasteiger partial charge is 0.417 e. The van der Waals surface area contributed by atoms with E-state index in [2.05, 4.69) is 10.3 Å². The van der Waals surface area contributed by atoms with Gasteiger partial charge in [-0.3, -0.25) is 0 Å². The normalized spacial score (nSPS) is 13.3. The van der Waals surface area contributed by atoms with E-state index in [-0.39, 0.29) is 6.04 Å². The quantitative estimate of drug-likeness (QED) is 0.909. The summed E-state index contributed by atoms with van der Waals surface area (Å²) in [5.74, 6) is 1.86. The highest BCUT2D eigenvalue weighted by Crippen LogP contribution is 2.29. The molecule has 2 aromatic heterocycles. The molecule has 0 aliphatic heterocycles. The maximum absolute atomic E-state index is 12.4. The van der Waals surface area contributed by atoms with Crippen molar-refractivity contribution in [3.05, 3.63) is 47.5 Å². The van der Waals surface area contributed by atoms with E-state index in [0.29, 0.717) is 11.6 Å². The number of rotatable bonds is 3. The SMILES string of the molecule is Cc1ccc(C(C)Nc2ccc(C(F)(F)F)cn2)o1. The summed E-state index contributed by atoms with van der Waals surface area (Å²) in [6, 6.07) is 5.77. The van der Waals surface area contributed by atoms with Crippen LogP contribution in [-0.2, 0) is 6.18 Å². The van der Waals surface area contributed by atoms with E-state index in [9.17, 15) is 13.2 Å².